The number of para-hydroxylation sites is 1. The van der Waals surface area contributed by atoms with Gasteiger partial charge in [0.2, 0.25) is 5.91 Å². The number of amides is 1. The molecule has 0 atom stereocenters. The molecule has 0 aliphatic rings. The predicted molar refractivity (Wildman–Crippen MR) is 85.9 cm³/mol. The van der Waals surface area contributed by atoms with Gasteiger partial charge in [0.1, 0.15) is 5.75 Å². The summed E-state index contributed by atoms with van der Waals surface area (Å²) in [6, 6.07) is 17.3. The first-order chi connectivity index (χ1) is 9.96. The first-order valence-electron chi connectivity index (χ1n) is 6.94. The third-order valence-electron chi connectivity index (χ3n) is 3.79. The highest BCUT2D eigenvalue weighted by Crippen LogP contribution is 2.28. The van der Waals surface area contributed by atoms with E-state index in [2.05, 4.69) is 0 Å². The van der Waals surface area contributed by atoms with E-state index < -0.39 is 5.41 Å². The van der Waals surface area contributed by atoms with E-state index in [1.54, 1.807) is 12.0 Å². The van der Waals surface area contributed by atoms with E-state index in [0.717, 1.165) is 17.0 Å². The summed E-state index contributed by atoms with van der Waals surface area (Å²) in [4.78, 5) is 14.5. The number of ether oxygens (including phenoxy) is 1. The average Bonchev–Trinajstić information content (AvgIpc) is 2.54. The molecule has 0 saturated carbocycles. The fourth-order valence-electron chi connectivity index (χ4n) is 2.32. The fourth-order valence-corrected chi connectivity index (χ4v) is 2.32. The fraction of sp³-hybridized carbons (Fsp3) is 0.278. The van der Waals surface area contributed by atoms with E-state index >= 15 is 0 Å². The smallest absolute Gasteiger partial charge is 0.236 e. The lowest BCUT2D eigenvalue weighted by Gasteiger charge is -2.30. The SMILES string of the molecule is COc1ccc(C(C)(C)C(=O)N(C)c2ccccc2)cc1. The standard InChI is InChI=1S/C18H21NO2/c1-18(2,14-10-12-16(21-4)13-11-14)17(20)19(3)15-8-6-5-7-9-15/h5-13H,1-4H3. The second-order valence-corrected chi connectivity index (χ2v) is 5.55. The Morgan fingerprint density at radius 1 is 1.00 bits per heavy atom. The van der Waals surface area contributed by atoms with Crippen molar-refractivity contribution in [2.45, 2.75) is 19.3 Å². The van der Waals surface area contributed by atoms with Crippen LogP contribution in [0.15, 0.2) is 54.6 Å². The van der Waals surface area contributed by atoms with Gasteiger partial charge in [0.15, 0.2) is 0 Å². The molecule has 0 aliphatic carbocycles. The van der Waals surface area contributed by atoms with Crippen LogP contribution in [0.1, 0.15) is 19.4 Å². The summed E-state index contributed by atoms with van der Waals surface area (Å²) in [5.74, 6) is 0.845. The molecule has 1 amide bonds. The molecule has 0 aromatic heterocycles. The number of hydrogen-bond donors (Lipinski definition) is 0. The van der Waals surface area contributed by atoms with Gasteiger partial charge in [-0.3, -0.25) is 4.79 Å². The summed E-state index contributed by atoms with van der Waals surface area (Å²) in [5.41, 5.74) is 1.26. The number of likely N-dealkylation sites (N-methyl/N-ethyl adjacent to an activating group) is 1. The molecule has 0 heterocycles. The zero-order chi connectivity index (χ0) is 15.5. The quantitative estimate of drug-likeness (QED) is 0.857. The molecule has 0 saturated heterocycles. The zero-order valence-corrected chi connectivity index (χ0v) is 13.0. The number of nitrogens with zero attached hydrogens (tertiary/aromatic N) is 1. The van der Waals surface area contributed by atoms with Crippen molar-refractivity contribution < 1.29 is 9.53 Å². The van der Waals surface area contributed by atoms with Crippen LogP contribution >= 0.6 is 0 Å². The Labute approximate surface area is 126 Å². The Morgan fingerprint density at radius 2 is 1.57 bits per heavy atom. The Balaban J connectivity index is 2.27. The van der Waals surface area contributed by atoms with E-state index in [1.165, 1.54) is 0 Å². The molecule has 110 valence electrons. The molecular formula is C18H21NO2. The maximum absolute atomic E-state index is 12.8. The molecule has 0 unspecified atom stereocenters. The Morgan fingerprint density at radius 3 is 2.10 bits per heavy atom. The summed E-state index contributed by atoms with van der Waals surface area (Å²) < 4.78 is 5.16. The lowest BCUT2D eigenvalue weighted by Crippen LogP contribution is -2.41. The van der Waals surface area contributed by atoms with Gasteiger partial charge in [0, 0.05) is 12.7 Å². The van der Waals surface area contributed by atoms with Gasteiger partial charge in [-0.05, 0) is 43.7 Å². The molecule has 0 radical (unpaired) electrons. The van der Waals surface area contributed by atoms with Crippen LogP contribution in [-0.2, 0) is 10.2 Å². The minimum absolute atomic E-state index is 0.0545. The van der Waals surface area contributed by atoms with Gasteiger partial charge in [-0.25, -0.2) is 0 Å². The van der Waals surface area contributed by atoms with Crippen LogP contribution < -0.4 is 9.64 Å². The van der Waals surface area contributed by atoms with Gasteiger partial charge < -0.3 is 9.64 Å². The van der Waals surface area contributed by atoms with Gasteiger partial charge in [-0.1, -0.05) is 30.3 Å². The number of carbonyl (C=O) groups excluding carboxylic acids is 1. The molecule has 2 aromatic carbocycles. The summed E-state index contributed by atoms with van der Waals surface area (Å²) in [6.45, 7) is 3.88. The third kappa shape index (κ3) is 3.07. The van der Waals surface area contributed by atoms with Crippen molar-refractivity contribution in [2.24, 2.45) is 0 Å². The molecule has 2 aromatic rings. The number of rotatable bonds is 4. The second-order valence-electron chi connectivity index (χ2n) is 5.55. The summed E-state index contributed by atoms with van der Waals surface area (Å²) in [7, 11) is 3.44. The van der Waals surface area contributed by atoms with Gasteiger partial charge in [0.25, 0.3) is 0 Å². The number of carbonyl (C=O) groups is 1. The maximum Gasteiger partial charge on any atom is 0.236 e. The number of benzene rings is 2. The molecule has 21 heavy (non-hydrogen) atoms. The predicted octanol–water partition coefficient (Wildman–Crippen LogP) is 3.64. The highest BCUT2D eigenvalue weighted by atomic mass is 16.5. The lowest BCUT2D eigenvalue weighted by molar-refractivity contribution is -0.122. The minimum Gasteiger partial charge on any atom is -0.497 e. The van der Waals surface area contributed by atoms with Crippen molar-refractivity contribution in [3.05, 3.63) is 60.2 Å². The van der Waals surface area contributed by atoms with E-state index in [4.69, 9.17) is 4.74 Å². The number of methoxy groups -OCH3 is 1. The Bertz CT molecular complexity index is 603. The molecule has 0 bridgehead atoms. The van der Waals surface area contributed by atoms with Crippen molar-refractivity contribution in [2.75, 3.05) is 19.1 Å². The van der Waals surface area contributed by atoms with E-state index in [0.29, 0.717) is 0 Å². The maximum atomic E-state index is 12.8. The van der Waals surface area contributed by atoms with Gasteiger partial charge in [-0.15, -0.1) is 0 Å². The minimum atomic E-state index is -0.600. The molecule has 3 heteroatoms. The summed E-state index contributed by atoms with van der Waals surface area (Å²) >= 11 is 0. The monoisotopic (exact) mass is 283 g/mol. The van der Waals surface area contributed by atoms with E-state index in [-0.39, 0.29) is 5.91 Å². The largest absolute Gasteiger partial charge is 0.497 e. The van der Waals surface area contributed by atoms with Crippen LogP contribution in [0.2, 0.25) is 0 Å². The van der Waals surface area contributed by atoms with Crippen molar-refractivity contribution >= 4 is 11.6 Å². The first kappa shape index (κ1) is 15.1. The first-order valence-corrected chi connectivity index (χ1v) is 6.94. The van der Waals surface area contributed by atoms with Crippen LogP contribution in [0.5, 0.6) is 5.75 Å². The number of anilines is 1. The highest BCUT2D eigenvalue weighted by Gasteiger charge is 2.32. The van der Waals surface area contributed by atoms with Crippen molar-refractivity contribution in [3.63, 3.8) is 0 Å². The van der Waals surface area contributed by atoms with E-state index in [9.17, 15) is 4.79 Å². The van der Waals surface area contributed by atoms with Gasteiger partial charge in [0.05, 0.1) is 12.5 Å². The summed E-state index contributed by atoms with van der Waals surface area (Å²) in [5, 5.41) is 0. The Kier molecular flexibility index (Phi) is 4.32. The van der Waals surface area contributed by atoms with Crippen molar-refractivity contribution in [3.8, 4) is 5.75 Å². The van der Waals surface area contributed by atoms with Gasteiger partial charge >= 0.3 is 0 Å². The van der Waals surface area contributed by atoms with Crippen LogP contribution in [0, 0.1) is 0 Å². The van der Waals surface area contributed by atoms with E-state index in [1.807, 2.05) is 75.5 Å². The zero-order valence-electron chi connectivity index (χ0n) is 13.0. The summed E-state index contributed by atoms with van der Waals surface area (Å²) in [6.07, 6.45) is 0. The average molecular weight is 283 g/mol. The van der Waals surface area contributed by atoms with Crippen molar-refractivity contribution in [1.82, 2.24) is 0 Å². The van der Waals surface area contributed by atoms with Gasteiger partial charge in [-0.2, -0.15) is 0 Å². The molecule has 0 spiro atoms. The third-order valence-corrected chi connectivity index (χ3v) is 3.79. The Hall–Kier alpha value is -2.29. The van der Waals surface area contributed by atoms with Crippen LogP contribution in [-0.4, -0.2) is 20.1 Å². The van der Waals surface area contributed by atoms with Crippen LogP contribution in [0.25, 0.3) is 0 Å². The topological polar surface area (TPSA) is 29.5 Å². The van der Waals surface area contributed by atoms with Crippen molar-refractivity contribution in [1.29, 1.82) is 0 Å². The molecule has 0 fully saturated rings. The molecule has 0 aliphatic heterocycles. The highest BCUT2D eigenvalue weighted by molar-refractivity contribution is 6.00. The lowest BCUT2D eigenvalue weighted by atomic mass is 9.83. The van der Waals surface area contributed by atoms with Crippen LogP contribution in [0.4, 0.5) is 5.69 Å². The molecule has 0 N–H and O–H groups in total. The van der Waals surface area contributed by atoms with Crippen LogP contribution in [0.3, 0.4) is 0 Å². The molecular weight excluding hydrogens is 262 g/mol. The molecule has 3 nitrogen and oxygen atoms in total. The normalized spacial score (nSPS) is 11.0. The number of hydrogen-bond acceptors (Lipinski definition) is 2. The second kappa shape index (κ2) is 6.00. The molecule has 2 rings (SSSR count).